The Morgan fingerprint density at radius 1 is 1.13 bits per heavy atom. The van der Waals surface area contributed by atoms with E-state index in [9.17, 15) is 5.11 Å². The lowest BCUT2D eigenvalue weighted by atomic mass is 9.94. The molecule has 1 fully saturated rings. The van der Waals surface area contributed by atoms with Crippen molar-refractivity contribution in [1.29, 1.82) is 0 Å². The normalized spacial score (nSPS) is 28.0. The summed E-state index contributed by atoms with van der Waals surface area (Å²) < 4.78 is 0. The zero-order valence-corrected chi connectivity index (χ0v) is 10.3. The lowest BCUT2D eigenvalue weighted by Gasteiger charge is -2.28. The number of aliphatic hydroxyl groups excluding tert-OH is 1. The molecular weight excluding hydrogens is 186 g/mol. The number of rotatable bonds is 5. The van der Waals surface area contributed by atoms with Crippen molar-refractivity contribution in [2.45, 2.75) is 70.9 Å². The first-order valence-electron chi connectivity index (χ1n) is 6.68. The summed E-state index contributed by atoms with van der Waals surface area (Å²) in [6, 6.07) is 1.20. The van der Waals surface area contributed by atoms with Gasteiger partial charge in [0.1, 0.15) is 0 Å². The van der Waals surface area contributed by atoms with Crippen molar-refractivity contribution in [1.82, 2.24) is 5.32 Å². The third-order valence-electron chi connectivity index (χ3n) is 3.83. The lowest BCUT2D eigenvalue weighted by molar-refractivity contribution is 0.173. The molecule has 0 aliphatic heterocycles. The summed E-state index contributed by atoms with van der Waals surface area (Å²) in [4.78, 5) is 0. The molecule has 0 heterocycles. The van der Waals surface area contributed by atoms with Gasteiger partial charge in [0, 0.05) is 18.7 Å². The van der Waals surface area contributed by atoms with Crippen LogP contribution in [-0.4, -0.2) is 23.8 Å². The van der Waals surface area contributed by atoms with Gasteiger partial charge in [-0.25, -0.2) is 0 Å². The number of hydrogen-bond acceptors (Lipinski definition) is 2. The monoisotopic (exact) mass is 213 g/mol. The average Bonchev–Trinajstić information content (AvgIpc) is 2.50. The SMILES string of the molecule is CCC(CC)NC1CCCCCC1CO. The second-order valence-corrected chi connectivity index (χ2v) is 4.87. The van der Waals surface area contributed by atoms with Gasteiger partial charge in [-0.15, -0.1) is 0 Å². The van der Waals surface area contributed by atoms with Gasteiger partial charge < -0.3 is 10.4 Å². The molecule has 90 valence electrons. The Morgan fingerprint density at radius 2 is 1.80 bits per heavy atom. The molecule has 1 aliphatic carbocycles. The quantitative estimate of drug-likeness (QED) is 0.688. The molecule has 0 amide bonds. The van der Waals surface area contributed by atoms with E-state index in [-0.39, 0.29) is 0 Å². The fourth-order valence-corrected chi connectivity index (χ4v) is 2.65. The van der Waals surface area contributed by atoms with Crippen molar-refractivity contribution in [3.63, 3.8) is 0 Å². The first-order valence-corrected chi connectivity index (χ1v) is 6.68. The van der Waals surface area contributed by atoms with Gasteiger partial charge in [0.25, 0.3) is 0 Å². The molecule has 15 heavy (non-hydrogen) atoms. The van der Waals surface area contributed by atoms with Gasteiger partial charge in [0.05, 0.1) is 0 Å². The Balaban J connectivity index is 2.46. The van der Waals surface area contributed by atoms with Crippen LogP contribution in [-0.2, 0) is 0 Å². The molecule has 2 unspecified atom stereocenters. The maximum atomic E-state index is 9.40. The minimum Gasteiger partial charge on any atom is -0.396 e. The van der Waals surface area contributed by atoms with Crippen LogP contribution < -0.4 is 5.32 Å². The second-order valence-electron chi connectivity index (χ2n) is 4.87. The molecule has 0 radical (unpaired) electrons. The molecule has 1 saturated carbocycles. The van der Waals surface area contributed by atoms with Crippen LogP contribution in [0.4, 0.5) is 0 Å². The van der Waals surface area contributed by atoms with E-state index in [1.54, 1.807) is 0 Å². The van der Waals surface area contributed by atoms with Gasteiger partial charge in [-0.2, -0.15) is 0 Å². The zero-order valence-electron chi connectivity index (χ0n) is 10.3. The van der Waals surface area contributed by atoms with Crippen molar-refractivity contribution in [3.8, 4) is 0 Å². The van der Waals surface area contributed by atoms with E-state index in [1.165, 1.54) is 44.9 Å². The van der Waals surface area contributed by atoms with Crippen molar-refractivity contribution < 1.29 is 5.11 Å². The van der Waals surface area contributed by atoms with Crippen LogP contribution in [0, 0.1) is 5.92 Å². The molecule has 1 aliphatic rings. The molecule has 2 nitrogen and oxygen atoms in total. The fourth-order valence-electron chi connectivity index (χ4n) is 2.65. The van der Waals surface area contributed by atoms with Crippen LogP contribution in [0.15, 0.2) is 0 Å². The maximum Gasteiger partial charge on any atom is 0.0474 e. The number of aliphatic hydroxyl groups is 1. The first-order chi connectivity index (χ1) is 7.31. The van der Waals surface area contributed by atoms with Gasteiger partial charge >= 0.3 is 0 Å². The van der Waals surface area contributed by atoms with E-state index >= 15 is 0 Å². The first kappa shape index (κ1) is 13.0. The Morgan fingerprint density at radius 3 is 2.40 bits per heavy atom. The van der Waals surface area contributed by atoms with Gasteiger partial charge in [-0.3, -0.25) is 0 Å². The maximum absolute atomic E-state index is 9.40. The van der Waals surface area contributed by atoms with Crippen LogP contribution in [0.5, 0.6) is 0 Å². The van der Waals surface area contributed by atoms with Crippen LogP contribution >= 0.6 is 0 Å². The van der Waals surface area contributed by atoms with E-state index in [0.717, 1.165) is 0 Å². The summed E-state index contributed by atoms with van der Waals surface area (Å²) in [6.45, 7) is 4.84. The molecule has 0 aromatic carbocycles. The smallest absolute Gasteiger partial charge is 0.0474 e. The highest BCUT2D eigenvalue weighted by atomic mass is 16.3. The highest BCUT2D eigenvalue weighted by Gasteiger charge is 2.24. The molecule has 2 N–H and O–H groups in total. The lowest BCUT2D eigenvalue weighted by Crippen LogP contribution is -2.43. The molecule has 2 heteroatoms. The molecule has 1 rings (SSSR count). The standard InChI is InChI=1S/C13H27NO/c1-3-12(4-2)14-13-9-7-5-6-8-11(13)10-15/h11-15H,3-10H2,1-2H3. The number of hydrogen-bond donors (Lipinski definition) is 2. The summed E-state index contributed by atoms with van der Waals surface area (Å²) in [6.07, 6.45) is 8.82. The molecule has 0 saturated heterocycles. The van der Waals surface area contributed by atoms with Crippen LogP contribution in [0.2, 0.25) is 0 Å². The Hall–Kier alpha value is -0.0800. The van der Waals surface area contributed by atoms with E-state index in [1.807, 2.05) is 0 Å². The summed E-state index contributed by atoms with van der Waals surface area (Å²) in [5.74, 6) is 0.494. The van der Waals surface area contributed by atoms with E-state index < -0.39 is 0 Å². The van der Waals surface area contributed by atoms with Crippen molar-refractivity contribution in [2.24, 2.45) is 5.92 Å². The summed E-state index contributed by atoms with van der Waals surface area (Å²) >= 11 is 0. The third kappa shape index (κ3) is 4.12. The van der Waals surface area contributed by atoms with E-state index in [0.29, 0.717) is 24.6 Å². The topological polar surface area (TPSA) is 32.3 Å². The summed E-state index contributed by atoms with van der Waals surface area (Å²) in [5, 5.41) is 13.1. The Labute approximate surface area is 94.5 Å². The largest absolute Gasteiger partial charge is 0.396 e. The average molecular weight is 213 g/mol. The third-order valence-corrected chi connectivity index (χ3v) is 3.83. The highest BCUT2D eigenvalue weighted by molar-refractivity contribution is 4.81. The molecule has 0 spiro atoms. The van der Waals surface area contributed by atoms with Crippen LogP contribution in [0.3, 0.4) is 0 Å². The minimum absolute atomic E-state index is 0.359. The summed E-state index contributed by atoms with van der Waals surface area (Å²) in [7, 11) is 0. The van der Waals surface area contributed by atoms with Crippen molar-refractivity contribution >= 4 is 0 Å². The summed E-state index contributed by atoms with van der Waals surface area (Å²) in [5.41, 5.74) is 0. The molecular formula is C13H27NO. The van der Waals surface area contributed by atoms with Crippen LogP contribution in [0.25, 0.3) is 0 Å². The molecule has 2 atom stereocenters. The van der Waals surface area contributed by atoms with Gasteiger partial charge in [-0.1, -0.05) is 33.1 Å². The fraction of sp³-hybridized carbons (Fsp3) is 1.00. The van der Waals surface area contributed by atoms with Gasteiger partial charge in [0.2, 0.25) is 0 Å². The number of nitrogens with one attached hydrogen (secondary N) is 1. The van der Waals surface area contributed by atoms with Gasteiger partial charge in [0.15, 0.2) is 0 Å². The van der Waals surface area contributed by atoms with Crippen LogP contribution in [0.1, 0.15) is 58.8 Å². The van der Waals surface area contributed by atoms with Crippen molar-refractivity contribution in [2.75, 3.05) is 6.61 Å². The predicted molar refractivity (Wildman–Crippen MR) is 65.0 cm³/mol. The van der Waals surface area contributed by atoms with Crippen molar-refractivity contribution in [3.05, 3.63) is 0 Å². The molecule has 0 bridgehead atoms. The predicted octanol–water partition coefficient (Wildman–Crippen LogP) is 2.71. The minimum atomic E-state index is 0.359. The molecule has 0 aromatic heterocycles. The highest BCUT2D eigenvalue weighted by Crippen LogP contribution is 2.24. The van der Waals surface area contributed by atoms with Gasteiger partial charge in [-0.05, 0) is 31.6 Å². The van der Waals surface area contributed by atoms with E-state index in [4.69, 9.17) is 0 Å². The van der Waals surface area contributed by atoms with E-state index in [2.05, 4.69) is 19.2 Å². The second kappa shape index (κ2) is 7.24. The molecule has 0 aromatic rings. The Bertz CT molecular complexity index is 157. The zero-order chi connectivity index (χ0) is 11.1. The Kier molecular flexibility index (Phi) is 6.26.